The van der Waals surface area contributed by atoms with Crippen molar-refractivity contribution in [3.63, 3.8) is 0 Å². The molecular formula is C14H24ClN5. The third kappa shape index (κ3) is 3.81. The first kappa shape index (κ1) is 15.5. The summed E-state index contributed by atoms with van der Waals surface area (Å²) in [5.41, 5.74) is 1.03. The summed E-state index contributed by atoms with van der Waals surface area (Å²) in [5, 5.41) is 4.02. The van der Waals surface area contributed by atoms with Gasteiger partial charge in [-0.25, -0.2) is 9.97 Å². The number of piperazine rings is 1. The molecule has 2 rings (SSSR count). The highest BCUT2D eigenvalue weighted by Gasteiger charge is 2.22. The molecule has 0 bridgehead atoms. The summed E-state index contributed by atoms with van der Waals surface area (Å²) in [4.78, 5) is 13.2. The summed E-state index contributed by atoms with van der Waals surface area (Å²) >= 11 is 6.17. The first-order valence-corrected chi connectivity index (χ1v) is 7.61. The number of nitrogens with zero attached hydrogens (tertiary/aromatic N) is 4. The van der Waals surface area contributed by atoms with Crippen molar-refractivity contribution in [2.75, 3.05) is 45.6 Å². The van der Waals surface area contributed by atoms with Gasteiger partial charge >= 0.3 is 0 Å². The van der Waals surface area contributed by atoms with Crippen molar-refractivity contribution in [2.45, 2.75) is 25.8 Å². The SMILES string of the molecule is CCCc1c(Cl)ncnc1NCC1CN(C)CCN1C. The molecule has 0 radical (unpaired) electrons. The zero-order chi connectivity index (χ0) is 14.5. The average molecular weight is 298 g/mol. The second kappa shape index (κ2) is 7.20. The van der Waals surface area contributed by atoms with Crippen LogP contribution in [0.25, 0.3) is 0 Å². The van der Waals surface area contributed by atoms with Crippen molar-refractivity contribution < 1.29 is 0 Å². The molecule has 1 aromatic heterocycles. The minimum atomic E-state index is 0.497. The molecule has 112 valence electrons. The van der Waals surface area contributed by atoms with E-state index in [1.807, 2.05) is 0 Å². The Kier molecular flexibility index (Phi) is 5.57. The zero-order valence-electron chi connectivity index (χ0n) is 12.6. The molecule has 0 spiro atoms. The van der Waals surface area contributed by atoms with Gasteiger partial charge in [-0.1, -0.05) is 24.9 Å². The van der Waals surface area contributed by atoms with E-state index in [1.165, 1.54) is 6.33 Å². The van der Waals surface area contributed by atoms with Gasteiger partial charge in [-0.3, -0.25) is 4.90 Å². The quantitative estimate of drug-likeness (QED) is 0.839. The molecule has 20 heavy (non-hydrogen) atoms. The molecule has 1 aromatic rings. The van der Waals surface area contributed by atoms with E-state index in [9.17, 15) is 0 Å². The number of aromatic nitrogens is 2. The number of hydrogen-bond acceptors (Lipinski definition) is 5. The first-order valence-electron chi connectivity index (χ1n) is 7.23. The van der Waals surface area contributed by atoms with Gasteiger partial charge in [0.15, 0.2) is 0 Å². The third-order valence-corrected chi connectivity index (χ3v) is 4.20. The van der Waals surface area contributed by atoms with E-state index < -0.39 is 0 Å². The predicted octanol–water partition coefficient (Wildman–Crippen LogP) is 1.74. The van der Waals surface area contributed by atoms with Crippen LogP contribution in [0.15, 0.2) is 6.33 Å². The molecule has 1 aliphatic rings. The van der Waals surface area contributed by atoms with Gasteiger partial charge < -0.3 is 10.2 Å². The Morgan fingerprint density at radius 3 is 2.90 bits per heavy atom. The topological polar surface area (TPSA) is 44.3 Å². The number of nitrogens with one attached hydrogen (secondary N) is 1. The molecule has 1 atom stereocenters. The fraction of sp³-hybridized carbons (Fsp3) is 0.714. The lowest BCUT2D eigenvalue weighted by Crippen LogP contribution is -2.52. The van der Waals surface area contributed by atoms with E-state index >= 15 is 0 Å². The molecule has 6 heteroatoms. The highest BCUT2D eigenvalue weighted by atomic mass is 35.5. The van der Waals surface area contributed by atoms with Crippen LogP contribution < -0.4 is 5.32 Å². The molecule has 0 saturated carbocycles. The van der Waals surface area contributed by atoms with Crippen LogP contribution in [-0.4, -0.2) is 66.1 Å². The Morgan fingerprint density at radius 2 is 2.15 bits per heavy atom. The Hall–Kier alpha value is -0.910. The smallest absolute Gasteiger partial charge is 0.137 e. The molecule has 1 fully saturated rings. The van der Waals surface area contributed by atoms with E-state index in [1.54, 1.807) is 0 Å². The lowest BCUT2D eigenvalue weighted by molar-refractivity contribution is 0.122. The van der Waals surface area contributed by atoms with Gasteiger partial charge in [0.2, 0.25) is 0 Å². The van der Waals surface area contributed by atoms with E-state index in [2.05, 4.69) is 46.1 Å². The van der Waals surface area contributed by atoms with Gasteiger partial charge in [0.25, 0.3) is 0 Å². The Labute approximate surface area is 126 Å². The van der Waals surface area contributed by atoms with Crippen molar-refractivity contribution in [3.8, 4) is 0 Å². The van der Waals surface area contributed by atoms with E-state index in [0.717, 1.165) is 50.4 Å². The van der Waals surface area contributed by atoms with Crippen molar-refractivity contribution >= 4 is 17.4 Å². The fourth-order valence-corrected chi connectivity index (χ4v) is 2.78. The van der Waals surface area contributed by atoms with E-state index in [4.69, 9.17) is 11.6 Å². The standard InChI is InChI=1S/C14H24ClN5/c1-4-5-12-13(15)17-10-18-14(12)16-8-11-9-19(2)6-7-20(11)3/h10-11H,4-9H2,1-3H3,(H,16,17,18). The monoisotopic (exact) mass is 297 g/mol. The molecule has 2 heterocycles. The second-order valence-corrected chi connectivity index (χ2v) is 5.88. The molecule has 0 amide bonds. The van der Waals surface area contributed by atoms with E-state index in [-0.39, 0.29) is 0 Å². The normalized spacial score (nSPS) is 21.1. The molecule has 0 aromatic carbocycles. The minimum Gasteiger partial charge on any atom is -0.368 e. The third-order valence-electron chi connectivity index (χ3n) is 3.88. The Bertz CT molecular complexity index is 440. The summed E-state index contributed by atoms with van der Waals surface area (Å²) < 4.78 is 0. The summed E-state index contributed by atoms with van der Waals surface area (Å²) in [6, 6.07) is 0.497. The maximum atomic E-state index is 6.17. The molecule has 1 aliphatic heterocycles. The molecule has 1 N–H and O–H groups in total. The summed E-state index contributed by atoms with van der Waals surface area (Å²) in [5.74, 6) is 0.883. The summed E-state index contributed by atoms with van der Waals surface area (Å²) in [7, 11) is 4.35. The maximum Gasteiger partial charge on any atom is 0.137 e. The van der Waals surface area contributed by atoms with Gasteiger partial charge in [-0.05, 0) is 20.5 Å². The Balaban J connectivity index is 2.01. The van der Waals surface area contributed by atoms with Crippen LogP contribution in [0.5, 0.6) is 0 Å². The van der Waals surface area contributed by atoms with Crippen LogP contribution >= 0.6 is 11.6 Å². The Morgan fingerprint density at radius 1 is 1.35 bits per heavy atom. The number of likely N-dealkylation sites (N-methyl/N-ethyl adjacent to an activating group) is 2. The van der Waals surface area contributed by atoms with Gasteiger partial charge in [-0.2, -0.15) is 0 Å². The van der Waals surface area contributed by atoms with Crippen molar-refractivity contribution in [2.24, 2.45) is 0 Å². The van der Waals surface area contributed by atoms with Gasteiger partial charge in [0.1, 0.15) is 17.3 Å². The molecule has 1 unspecified atom stereocenters. The lowest BCUT2D eigenvalue weighted by atomic mass is 10.1. The zero-order valence-corrected chi connectivity index (χ0v) is 13.3. The molecule has 5 nitrogen and oxygen atoms in total. The maximum absolute atomic E-state index is 6.17. The van der Waals surface area contributed by atoms with Gasteiger partial charge in [0, 0.05) is 37.8 Å². The van der Waals surface area contributed by atoms with Crippen LogP contribution in [0.3, 0.4) is 0 Å². The molecular weight excluding hydrogens is 274 g/mol. The van der Waals surface area contributed by atoms with Gasteiger partial charge in [0.05, 0.1) is 0 Å². The average Bonchev–Trinajstić information content (AvgIpc) is 2.43. The van der Waals surface area contributed by atoms with Crippen LogP contribution in [0.2, 0.25) is 5.15 Å². The van der Waals surface area contributed by atoms with Crippen LogP contribution in [-0.2, 0) is 6.42 Å². The molecule has 0 aliphatic carbocycles. The lowest BCUT2D eigenvalue weighted by Gasteiger charge is -2.37. The minimum absolute atomic E-state index is 0.497. The predicted molar refractivity (Wildman–Crippen MR) is 83.4 cm³/mol. The number of rotatable bonds is 5. The number of anilines is 1. The van der Waals surface area contributed by atoms with Crippen LogP contribution in [0, 0.1) is 0 Å². The second-order valence-electron chi connectivity index (χ2n) is 5.52. The van der Waals surface area contributed by atoms with Gasteiger partial charge in [-0.15, -0.1) is 0 Å². The largest absolute Gasteiger partial charge is 0.368 e. The number of hydrogen-bond donors (Lipinski definition) is 1. The highest BCUT2D eigenvalue weighted by Crippen LogP contribution is 2.21. The van der Waals surface area contributed by atoms with Crippen molar-refractivity contribution in [1.82, 2.24) is 19.8 Å². The highest BCUT2D eigenvalue weighted by molar-refractivity contribution is 6.30. The van der Waals surface area contributed by atoms with Crippen molar-refractivity contribution in [3.05, 3.63) is 17.0 Å². The van der Waals surface area contributed by atoms with Crippen molar-refractivity contribution in [1.29, 1.82) is 0 Å². The first-order chi connectivity index (χ1) is 9.61. The van der Waals surface area contributed by atoms with E-state index in [0.29, 0.717) is 11.2 Å². The van der Waals surface area contributed by atoms with Crippen LogP contribution in [0.1, 0.15) is 18.9 Å². The summed E-state index contributed by atoms with van der Waals surface area (Å²) in [6.07, 6.45) is 3.47. The van der Waals surface area contributed by atoms with Crippen LogP contribution in [0.4, 0.5) is 5.82 Å². The fourth-order valence-electron chi connectivity index (χ4n) is 2.55. The summed E-state index contributed by atoms with van der Waals surface area (Å²) in [6.45, 7) is 6.33. The number of halogens is 1. The molecule has 1 saturated heterocycles.